The Morgan fingerprint density at radius 1 is 0.588 bits per heavy atom. The number of unbranched alkanes of at least 4 members (excludes halogenated alkanes) is 10. The molecule has 2 atom stereocenters. The zero-order valence-electron chi connectivity index (χ0n) is 23.1. The molecule has 1 saturated carbocycles. The van der Waals surface area contributed by atoms with Crippen LogP contribution >= 0.6 is 0 Å². The molecule has 1 fully saturated rings. The second-order valence-electron chi connectivity index (χ2n) is 11.5. The van der Waals surface area contributed by atoms with E-state index in [9.17, 15) is 9.59 Å². The van der Waals surface area contributed by atoms with Crippen molar-refractivity contribution >= 4 is 11.9 Å². The van der Waals surface area contributed by atoms with Crippen molar-refractivity contribution in [1.29, 1.82) is 0 Å². The van der Waals surface area contributed by atoms with Gasteiger partial charge >= 0.3 is 11.9 Å². The standard InChI is InChI=1S/C30H56O4/c1-25(2)18-13-9-6-5-7-11-15-22-33-29(31)27-20-17-21-28(24-27)30(32)34-23-16-12-8-10-14-19-26(3)4/h25-28H,5-24H2,1-4H3. The molecule has 1 rings (SSSR count). The summed E-state index contributed by atoms with van der Waals surface area (Å²) < 4.78 is 11.1. The van der Waals surface area contributed by atoms with Crippen LogP contribution in [0.4, 0.5) is 0 Å². The molecule has 2 unspecified atom stereocenters. The van der Waals surface area contributed by atoms with E-state index in [-0.39, 0.29) is 23.8 Å². The third-order valence-corrected chi connectivity index (χ3v) is 7.18. The second kappa shape index (κ2) is 20.2. The summed E-state index contributed by atoms with van der Waals surface area (Å²) in [6, 6.07) is 0. The van der Waals surface area contributed by atoms with Gasteiger partial charge in [0.15, 0.2) is 0 Å². The maximum Gasteiger partial charge on any atom is 0.308 e. The predicted molar refractivity (Wildman–Crippen MR) is 142 cm³/mol. The van der Waals surface area contributed by atoms with Crippen LogP contribution < -0.4 is 0 Å². The van der Waals surface area contributed by atoms with Crippen molar-refractivity contribution in [2.24, 2.45) is 23.7 Å². The van der Waals surface area contributed by atoms with Crippen LogP contribution in [0.3, 0.4) is 0 Å². The Balaban J connectivity index is 2.04. The molecule has 1 aliphatic carbocycles. The average molecular weight is 481 g/mol. The molecule has 0 N–H and O–H groups in total. The zero-order valence-corrected chi connectivity index (χ0v) is 23.1. The first-order valence-corrected chi connectivity index (χ1v) is 14.7. The normalized spacial score (nSPS) is 18.4. The van der Waals surface area contributed by atoms with Crippen LogP contribution in [0.15, 0.2) is 0 Å². The van der Waals surface area contributed by atoms with Gasteiger partial charge in [0.1, 0.15) is 0 Å². The maximum absolute atomic E-state index is 12.5. The first kappa shape index (κ1) is 31.0. The van der Waals surface area contributed by atoms with Crippen LogP contribution in [-0.2, 0) is 19.1 Å². The summed E-state index contributed by atoms with van der Waals surface area (Å²) in [5.74, 6) is 1.13. The number of ether oxygens (including phenoxy) is 2. The Labute approximate surface area is 211 Å². The highest BCUT2D eigenvalue weighted by atomic mass is 16.5. The Kier molecular flexibility index (Phi) is 18.4. The van der Waals surface area contributed by atoms with Gasteiger partial charge in [-0.1, -0.05) is 111 Å². The Hall–Kier alpha value is -1.06. The van der Waals surface area contributed by atoms with Crippen molar-refractivity contribution in [1.82, 2.24) is 0 Å². The number of carbonyl (C=O) groups is 2. The van der Waals surface area contributed by atoms with Crippen LogP contribution in [0.5, 0.6) is 0 Å². The minimum Gasteiger partial charge on any atom is -0.465 e. The molecule has 0 aromatic rings. The molecule has 1 aliphatic rings. The molecule has 4 heteroatoms. The van der Waals surface area contributed by atoms with Crippen molar-refractivity contribution in [3.05, 3.63) is 0 Å². The molecular weight excluding hydrogens is 424 g/mol. The van der Waals surface area contributed by atoms with Gasteiger partial charge in [0.25, 0.3) is 0 Å². The number of carbonyl (C=O) groups excluding carboxylic acids is 2. The van der Waals surface area contributed by atoms with Crippen LogP contribution in [0.25, 0.3) is 0 Å². The fourth-order valence-corrected chi connectivity index (χ4v) is 4.92. The van der Waals surface area contributed by atoms with Gasteiger partial charge in [0.05, 0.1) is 25.0 Å². The SMILES string of the molecule is CC(C)CCCCCCCCCOC(=O)C1CCCC(C(=O)OCCCCCCCC(C)C)C1. The Morgan fingerprint density at radius 3 is 1.32 bits per heavy atom. The number of rotatable bonds is 20. The summed E-state index contributed by atoms with van der Waals surface area (Å²) in [4.78, 5) is 24.9. The summed E-state index contributed by atoms with van der Waals surface area (Å²) >= 11 is 0. The lowest BCUT2D eigenvalue weighted by Gasteiger charge is -2.26. The Morgan fingerprint density at radius 2 is 0.941 bits per heavy atom. The highest BCUT2D eigenvalue weighted by Crippen LogP contribution is 2.31. The molecule has 200 valence electrons. The van der Waals surface area contributed by atoms with Crippen LogP contribution in [-0.4, -0.2) is 25.2 Å². The summed E-state index contributed by atoms with van der Waals surface area (Å²) in [6.45, 7) is 10.2. The average Bonchev–Trinajstić information content (AvgIpc) is 2.81. The quantitative estimate of drug-likeness (QED) is 0.129. The molecule has 0 aromatic carbocycles. The molecular formula is C30H56O4. The van der Waals surface area contributed by atoms with E-state index >= 15 is 0 Å². The molecule has 0 saturated heterocycles. The monoisotopic (exact) mass is 480 g/mol. The van der Waals surface area contributed by atoms with Crippen molar-refractivity contribution in [2.75, 3.05) is 13.2 Å². The molecule has 0 bridgehead atoms. The predicted octanol–water partition coefficient (Wildman–Crippen LogP) is 8.65. The summed E-state index contributed by atoms with van der Waals surface area (Å²) in [5.41, 5.74) is 0. The molecule has 0 spiro atoms. The van der Waals surface area contributed by atoms with Gasteiger partial charge in [-0.3, -0.25) is 9.59 Å². The largest absolute Gasteiger partial charge is 0.465 e. The molecule has 0 aromatic heterocycles. The lowest BCUT2D eigenvalue weighted by atomic mass is 9.81. The summed E-state index contributed by atoms with van der Waals surface area (Å²) in [6.07, 6.45) is 20.3. The van der Waals surface area contributed by atoms with Gasteiger partial charge in [-0.2, -0.15) is 0 Å². The molecule has 0 heterocycles. The molecule has 0 radical (unpaired) electrons. The molecule has 34 heavy (non-hydrogen) atoms. The van der Waals surface area contributed by atoms with Gasteiger partial charge in [-0.15, -0.1) is 0 Å². The van der Waals surface area contributed by atoms with Crippen LogP contribution in [0.1, 0.15) is 143 Å². The molecule has 4 nitrogen and oxygen atoms in total. The van der Waals surface area contributed by atoms with E-state index in [0.717, 1.165) is 56.8 Å². The zero-order chi connectivity index (χ0) is 25.0. The minimum atomic E-state index is -0.131. The number of esters is 2. The van der Waals surface area contributed by atoms with Gasteiger partial charge in [0, 0.05) is 0 Å². The lowest BCUT2D eigenvalue weighted by Crippen LogP contribution is -2.30. The minimum absolute atomic E-state index is 0.104. The van der Waals surface area contributed by atoms with Gasteiger partial charge in [0.2, 0.25) is 0 Å². The van der Waals surface area contributed by atoms with E-state index in [4.69, 9.17) is 9.47 Å². The third kappa shape index (κ3) is 16.5. The first-order chi connectivity index (χ1) is 16.4. The smallest absolute Gasteiger partial charge is 0.308 e. The lowest BCUT2D eigenvalue weighted by molar-refractivity contribution is -0.155. The van der Waals surface area contributed by atoms with Crippen molar-refractivity contribution in [3.8, 4) is 0 Å². The van der Waals surface area contributed by atoms with E-state index in [2.05, 4.69) is 27.7 Å². The van der Waals surface area contributed by atoms with Crippen LogP contribution in [0, 0.1) is 23.7 Å². The van der Waals surface area contributed by atoms with Gasteiger partial charge < -0.3 is 9.47 Å². The summed E-state index contributed by atoms with van der Waals surface area (Å²) in [7, 11) is 0. The van der Waals surface area contributed by atoms with Crippen molar-refractivity contribution in [3.63, 3.8) is 0 Å². The Bertz CT molecular complexity index is 514. The van der Waals surface area contributed by atoms with Gasteiger partial charge in [-0.05, 0) is 43.9 Å². The fourth-order valence-electron chi connectivity index (χ4n) is 4.92. The van der Waals surface area contributed by atoms with E-state index in [1.807, 2.05) is 0 Å². The van der Waals surface area contributed by atoms with E-state index in [1.54, 1.807) is 0 Å². The second-order valence-corrected chi connectivity index (χ2v) is 11.5. The maximum atomic E-state index is 12.5. The third-order valence-electron chi connectivity index (χ3n) is 7.18. The number of hydrogen-bond acceptors (Lipinski definition) is 4. The first-order valence-electron chi connectivity index (χ1n) is 14.7. The molecule has 0 aliphatic heterocycles. The van der Waals surface area contributed by atoms with Crippen molar-refractivity contribution < 1.29 is 19.1 Å². The fraction of sp³-hybridized carbons (Fsp3) is 0.933. The van der Waals surface area contributed by atoms with E-state index in [1.165, 1.54) is 64.2 Å². The summed E-state index contributed by atoms with van der Waals surface area (Å²) in [5, 5.41) is 0. The topological polar surface area (TPSA) is 52.6 Å². The highest BCUT2D eigenvalue weighted by molar-refractivity contribution is 5.76. The van der Waals surface area contributed by atoms with E-state index in [0.29, 0.717) is 19.6 Å². The van der Waals surface area contributed by atoms with E-state index < -0.39 is 0 Å². The number of hydrogen-bond donors (Lipinski definition) is 0. The van der Waals surface area contributed by atoms with Gasteiger partial charge in [-0.25, -0.2) is 0 Å². The molecule has 0 amide bonds. The van der Waals surface area contributed by atoms with Crippen molar-refractivity contribution in [2.45, 2.75) is 143 Å². The van der Waals surface area contributed by atoms with Crippen LogP contribution in [0.2, 0.25) is 0 Å². The highest BCUT2D eigenvalue weighted by Gasteiger charge is 2.32.